The quantitative estimate of drug-likeness (QED) is 0.556. The summed E-state index contributed by atoms with van der Waals surface area (Å²) in [5.41, 5.74) is 3.60. The van der Waals surface area contributed by atoms with Crippen LogP contribution >= 0.6 is 11.8 Å². The maximum atomic E-state index is 5.46. The van der Waals surface area contributed by atoms with Gasteiger partial charge in [-0.25, -0.2) is 0 Å². The standard InChI is InChI=1S/C18H14N4OS/c1-24-14-9-7-13(8-10-14)17-20-18(23-22-17)15-11-19-21-16(15)12-5-3-2-4-6-12/h2-11H,1H3,(H,19,21). The number of thioether (sulfide) groups is 1. The van der Waals surface area contributed by atoms with E-state index in [-0.39, 0.29) is 0 Å². The lowest BCUT2D eigenvalue weighted by Crippen LogP contribution is -1.83. The molecule has 0 amide bonds. The van der Waals surface area contributed by atoms with Crippen LogP contribution in [0.1, 0.15) is 0 Å². The Balaban J connectivity index is 1.70. The Morgan fingerprint density at radius 1 is 0.958 bits per heavy atom. The van der Waals surface area contributed by atoms with Gasteiger partial charge in [0, 0.05) is 16.0 Å². The lowest BCUT2D eigenvalue weighted by molar-refractivity contribution is 0.432. The summed E-state index contributed by atoms with van der Waals surface area (Å²) in [6, 6.07) is 18.0. The summed E-state index contributed by atoms with van der Waals surface area (Å²) >= 11 is 1.70. The van der Waals surface area contributed by atoms with Gasteiger partial charge in [0.2, 0.25) is 5.82 Å². The molecule has 5 nitrogen and oxygen atoms in total. The first kappa shape index (κ1) is 14.7. The van der Waals surface area contributed by atoms with E-state index in [1.807, 2.05) is 60.9 Å². The molecule has 4 aromatic rings. The van der Waals surface area contributed by atoms with Crippen LogP contribution < -0.4 is 0 Å². The fourth-order valence-corrected chi connectivity index (χ4v) is 2.87. The van der Waals surface area contributed by atoms with Crippen LogP contribution in [-0.4, -0.2) is 26.6 Å². The van der Waals surface area contributed by atoms with E-state index in [2.05, 4.69) is 20.3 Å². The molecule has 0 saturated heterocycles. The first-order valence-electron chi connectivity index (χ1n) is 7.42. The summed E-state index contributed by atoms with van der Waals surface area (Å²) in [5.74, 6) is 1.02. The van der Waals surface area contributed by atoms with Gasteiger partial charge in [-0.2, -0.15) is 10.1 Å². The van der Waals surface area contributed by atoms with Gasteiger partial charge in [-0.05, 0) is 30.5 Å². The van der Waals surface area contributed by atoms with Crippen LogP contribution in [0.25, 0.3) is 34.1 Å². The number of H-pyrrole nitrogens is 1. The van der Waals surface area contributed by atoms with Crippen molar-refractivity contribution in [3.05, 3.63) is 60.8 Å². The third kappa shape index (κ3) is 2.72. The van der Waals surface area contributed by atoms with Crippen LogP contribution in [0, 0.1) is 0 Å². The summed E-state index contributed by atoms with van der Waals surface area (Å²) in [6.45, 7) is 0. The smallest absolute Gasteiger partial charge is 0.262 e. The zero-order valence-electron chi connectivity index (χ0n) is 12.9. The van der Waals surface area contributed by atoms with E-state index in [1.165, 1.54) is 4.90 Å². The zero-order valence-corrected chi connectivity index (χ0v) is 13.7. The van der Waals surface area contributed by atoms with Crippen molar-refractivity contribution in [2.75, 3.05) is 6.26 Å². The predicted molar refractivity (Wildman–Crippen MR) is 94.5 cm³/mol. The molecule has 0 saturated carbocycles. The van der Waals surface area contributed by atoms with Gasteiger partial charge in [0.05, 0.1) is 17.5 Å². The molecule has 0 aliphatic heterocycles. The minimum atomic E-state index is 0.451. The molecule has 0 aliphatic carbocycles. The predicted octanol–water partition coefficient (Wildman–Crippen LogP) is 4.52. The second-order valence-electron chi connectivity index (χ2n) is 5.18. The number of rotatable bonds is 4. The summed E-state index contributed by atoms with van der Waals surface area (Å²) in [7, 11) is 0. The molecule has 0 radical (unpaired) electrons. The van der Waals surface area contributed by atoms with E-state index in [1.54, 1.807) is 18.0 Å². The summed E-state index contributed by atoms with van der Waals surface area (Å²) in [6.07, 6.45) is 3.75. The highest BCUT2D eigenvalue weighted by Crippen LogP contribution is 2.30. The molecule has 0 bridgehead atoms. The lowest BCUT2D eigenvalue weighted by Gasteiger charge is -1.99. The van der Waals surface area contributed by atoms with Crippen LogP contribution in [0.2, 0.25) is 0 Å². The summed E-state index contributed by atoms with van der Waals surface area (Å²) in [4.78, 5) is 5.72. The fourth-order valence-electron chi connectivity index (χ4n) is 2.46. The normalized spacial score (nSPS) is 10.9. The van der Waals surface area contributed by atoms with Crippen LogP contribution in [0.3, 0.4) is 0 Å². The Morgan fingerprint density at radius 2 is 1.75 bits per heavy atom. The number of hydrogen-bond donors (Lipinski definition) is 1. The van der Waals surface area contributed by atoms with Gasteiger partial charge in [0.25, 0.3) is 5.89 Å². The third-order valence-corrected chi connectivity index (χ3v) is 4.45. The summed E-state index contributed by atoms with van der Waals surface area (Å²) < 4.78 is 5.46. The van der Waals surface area contributed by atoms with Crippen molar-refractivity contribution in [1.82, 2.24) is 20.3 Å². The highest BCUT2D eigenvalue weighted by Gasteiger charge is 2.17. The Labute approximate surface area is 143 Å². The largest absolute Gasteiger partial charge is 0.333 e. The Morgan fingerprint density at radius 3 is 2.50 bits per heavy atom. The van der Waals surface area contributed by atoms with Gasteiger partial charge < -0.3 is 4.52 Å². The van der Waals surface area contributed by atoms with Crippen molar-refractivity contribution < 1.29 is 4.52 Å². The second-order valence-corrected chi connectivity index (χ2v) is 6.06. The number of hydrogen-bond acceptors (Lipinski definition) is 5. The first-order chi connectivity index (χ1) is 11.8. The molecule has 0 spiro atoms. The van der Waals surface area contributed by atoms with E-state index >= 15 is 0 Å². The second kappa shape index (κ2) is 6.33. The molecule has 4 rings (SSSR count). The maximum Gasteiger partial charge on any atom is 0.262 e. The van der Waals surface area contributed by atoms with Crippen molar-refractivity contribution in [2.45, 2.75) is 4.90 Å². The minimum Gasteiger partial charge on any atom is -0.333 e. The number of aromatic nitrogens is 4. The maximum absolute atomic E-state index is 5.46. The van der Waals surface area contributed by atoms with Gasteiger partial charge in [-0.3, -0.25) is 5.10 Å². The molecule has 0 unspecified atom stereocenters. The van der Waals surface area contributed by atoms with Crippen molar-refractivity contribution in [3.8, 4) is 34.1 Å². The molecule has 118 valence electrons. The Bertz CT molecular complexity index is 945. The highest BCUT2D eigenvalue weighted by molar-refractivity contribution is 7.98. The molecule has 2 heterocycles. The molecule has 6 heteroatoms. The van der Waals surface area contributed by atoms with Crippen molar-refractivity contribution in [1.29, 1.82) is 0 Å². The van der Waals surface area contributed by atoms with E-state index in [0.29, 0.717) is 11.7 Å². The monoisotopic (exact) mass is 334 g/mol. The molecule has 1 N–H and O–H groups in total. The number of aromatic amines is 1. The van der Waals surface area contributed by atoms with Crippen LogP contribution in [0.5, 0.6) is 0 Å². The van der Waals surface area contributed by atoms with E-state index in [4.69, 9.17) is 4.52 Å². The van der Waals surface area contributed by atoms with Crippen molar-refractivity contribution in [2.24, 2.45) is 0 Å². The van der Waals surface area contributed by atoms with Crippen LogP contribution in [0.4, 0.5) is 0 Å². The zero-order chi connectivity index (χ0) is 16.4. The van der Waals surface area contributed by atoms with E-state index < -0.39 is 0 Å². The fraction of sp³-hybridized carbons (Fsp3) is 0.0556. The third-order valence-electron chi connectivity index (χ3n) is 3.71. The molecule has 2 aromatic heterocycles. The van der Waals surface area contributed by atoms with Crippen molar-refractivity contribution in [3.63, 3.8) is 0 Å². The minimum absolute atomic E-state index is 0.451. The summed E-state index contributed by atoms with van der Waals surface area (Å²) in [5, 5.41) is 11.2. The number of nitrogens with one attached hydrogen (secondary N) is 1. The molecular weight excluding hydrogens is 320 g/mol. The number of benzene rings is 2. The molecule has 24 heavy (non-hydrogen) atoms. The van der Waals surface area contributed by atoms with Crippen LogP contribution in [0.15, 0.2) is 70.2 Å². The number of nitrogens with zero attached hydrogens (tertiary/aromatic N) is 3. The SMILES string of the molecule is CSc1ccc(-c2noc(-c3cn[nH]c3-c3ccccc3)n2)cc1. The van der Waals surface area contributed by atoms with Gasteiger partial charge in [-0.1, -0.05) is 35.5 Å². The van der Waals surface area contributed by atoms with Gasteiger partial charge in [-0.15, -0.1) is 11.8 Å². The Kier molecular flexibility index (Phi) is 3.88. The molecule has 0 atom stereocenters. The van der Waals surface area contributed by atoms with Gasteiger partial charge >= 0.3 is 0 Å². The Hall–Kier alpha value is -2.86. The van der Waals surface area contributed by atoms with Gasteiger partial charge in [0.1, 0.15) is 0 Å². The molecular formula is C18H14N4OS. The topological polar surface area (TPSA) is 67.6 Å². The van der Waals surface area contributed by atoms with Crippen LogP contribution in [-0.2, 0) is 0 Å². The van der Waals surface area contributed by atoms with E-state index in [9.17, 15) is 0 Å². The van der Waals surface area contributed by atoms with E-state index in [0.717, 1.165) is 22.4 Å². The molecule has 0 fully saturated rings. The van der Waals surface area contributed by atoms with Gasteiger partial charge in [0.15, 0.2) is 0 Å². The lowest BCUT2D eigenvalue weighted by atomic mass is 10.1. The molecule has 2 aromatic carbocycles. The average molecular weight is 334 g/mol. The average Bonchev–Trinajstić information content (AvgIpc) is 3.32. The molecule has 0 aliphatic rings. The highest BCUT2D eigenvalue weighted by atomic mass is 32.2. The first-order valence-corrected chi connectivity index (χ1v) is 8.65. The van der Waals surface area contributed by atoms with Crippen molar-refractivity contribution >= 4 is 11.8 Å².